The van der Waals surface area contributed by atoms with Crippen LogP contribution >= 0.6 is 0 Å². The number of furan rings is 1. The smallest absolute Gasteiger partial charge is 0.337 e. The number of hydrogen-bond acceptors (Lipinski definition) is 5. The molecule has 3 rings (SSSR count). The molecule has 0 aliphatic carbocycles. The number of carbonyl (C=O) groups is 1. The van der Waals surface area contributed by atoms with Crippen molar-refractivity contribution in [2.45, 2.75) is 38.0 Å². The van der Waals surface area contributed by atoms with Gasteiger partial charge in [0, 0.05) is 18.2 Å². The Kier molecular flexibility index (Phi) is 5.50. The third-order valence-electron chi connectivity index (χ3n) is 4.71. The molecule has 1 fully saturated rings. The number of benzene rings is 1. The first kappa shape index (κ1) is 17.6. The van der Waals surface area contributed by atoms with Crippen LogP contribution in [0.1, 0.15) is 47.0 Å². The minimum Gasteiger partial charge on any atom is -0.467 e. The second-order valence-corrected chi connectivity index (χ2v) is 6.33. The predicted octanol–water partition coefficient (Wildman–Crippen LogP) is 3.29. The fourth-order valence-corrected chi connectivity index (χ4v) is 3.38. The van der Waals surface area contributed by atoms with Gasteiger partial charge < -0.3 is 14.3 Å². The fourth-order valence-electron chi connectivity index (χ4n) is 3.38. The van der Waals surface area contributed by atoms with E-state index in [0.717, 1.165) is 19.4 Å². The van der Waals surface area contributed by atoms with E-state index in [1.807, 2.05) is 0 Å². The first-order valence-electron chi connectivity index (χ1n) is 8.40. The average Bonchev–Trinajstić information content (AvgIpc) is 3.28. The van der Waals surface area contributed by atoms with E-state index < -0.39 is 12.1 Å². The van der Waals surface area contributed by atoms with Crippen molar-refractivity contribution in [3.05, 3.63) is 59.3 Å². The Morgan fingerprint density at radius 3 is 3.04 bits per heavy atom. The van der Waals surface area contributed by atoms with Gasteiger partial charge in [-0.05, 0) is 56.1 Å². The molecule has 0 amide bonds. The lowest BCUT2D eigenvalue weighted by Crippen LogP contribution is -2.30. The molecule has 2 atom stereocenters. The number of carbonyl (C=O) groups excluding carboxylic acids is 1. The van der Waals surface area contributed by atoms with Crippen molar-refractivity contribution in [2.24, 2.45) is 0 Å². The number of halogens is 1. The molecule has 134 valence electrons. The number of hydrogen-bond donors (Lipinski definition) is 1. The second kappa shape index (κ2) is 7.80. The Bertz CT molecular complexity index is 716. The number of aliphatic hydroxyl groups is 1. The van der Waals surface area contributed by atoms with Gasteiger partial charge in [0.05, 0.1) is 18.9 Å². The van der Waals surface area contributed by atoms with E-state index in [2.05, 4.69) is 4.90 Å². The summed E-state index contributed by atoms with van der Waals surface area (Å²) in [5.74, 6) is -0.275. The van der Waals surface area contributed by atoms with Crippen molar-refractivity contribution < 1.29 is 23.4 Å². The van der Waals surface area contributed by atoms with Crippen molar-refractivity contribution >= 4 is 5.97 Å². The van der Waals surface area contributed by atoms with Gasteiger partial charge in [0.2, 0.25) is 0 Å². The van der Waals surface area contributed by atoms with Crippen LogP contribution in [-0.2, 0) is 11.3 Å². The molecule has 1 aromatic heterocycles. The summed E-state index contributed by atoms with van der Waals surface area (Å²) in [6, 6.07) is 7.90. The van der Waals surface area contributed by atoms with Gasteiger partial charge in [0.15, 0.2) is 0 Å². The highest BCUT2D eigenvalue weighted by molar-refractivity contribution is 5.89. The lowest BCUT2D eigenvalue weighted by Gasteiger charge is -2.26. The van der Waals surface area contributed by atoms with Crippen LogP contribution in [-0.4, -0.2) is 35.7 Å². The SMILES string of the molecule is COC(=O)c1ccc(F)c(CN2CCCC2CC(O)c2ccco2)c1. The predicted molar refractivity (Wildman–Crippen MR) is 89.5 cm³/mol. The Balaban J connectivity index is 1.70. The molecule has 6 heteroatoms. The molecule has 1 aliphatic heterocycles. The number of rotatable bonds is 6. The number of nitrogens with zero attached hydrogens (tertiary/aromatic N) is 1. The minimum atomic E-state index is -0.674. The molecule has 1 saturated heterocycles. The molecule has 5 nitrogen and oxygen atoms in total. The van der Waals surface area contributed by atoms with E-state index in [1.54, 1.807) is 24.5 Å². The molecular weight excluding hydrogens is 325 g/mol. The third-order valence-corrected chi connectivity index (χ3v) is 4.71. The summed E-state index contributed by atoms with van der Waals surface area (Å²) in [6.45, 7) is 1.23. The molecule has 2 aromatic rings. The molecule has 25 heavy (non-hydrogen) atoms. The summed E-state index contributed by atoms with van der Waals surface area (Å²) in [4.78, 5) is 13.8. The van der Waals surface area contributed by atoms with Crippen LogP contribution in [0.2, 0.25) is 0 Å². The molecule has 2 heterocycles. The van der Waals surface area contributed by atoms with Gasteiger partial charge in [-0.25, -0.2) is 9.18 Å². The lowest BCUT2D eigenvalue weighted by atomic mass is 10.0. The van der Waals surface area contributed by atoms with E-state index in [1.165, 1.54) is 19.2 Å². The van der Waals surface area contributed by atoms with Gasteiger partial charge in [0.1, 0.15) is 17.7 Å². The van der Waals surface area contributed by atoms with E-state index in [0.29, 0.717) is 29.9 Å². The first-order chi connectivity index (χ1) is 12.1. The summed E-state index contributed by atoms with van der Waals surface area (Å²) in [5, 5.41) is 10.3. The van der Waals surface area contributed by atoms with Gasteiger partial charge >= 0.3 is 5.97 Å². The maximum Gasteiger partial charge on any atom is 0.337 e. The maximum atomic E-state index is 14.2. The van der Waals surface area contributed by atoms with E-state index in [4.69, 9.17) is 9.15 Å². The van der Waals surface area contributed by atoms with Crippen molar-refractivity contribution in [2.75, 3.05) is 13.7 Å². The van der Waals surface area contributed by atoms with Crippen LogP contribution in [0.25, 0.3) is 0 Å². The molecule has 0 spiro atoms. The standard InChI is InChI=1S/C19H22FNO4/c1-24-19(23)13-6-7-16(20)14(10-13)12-21-8-2-4-15(21)11-17(22)18-5-3-9-25-18/h3,5-7,9-10,15,17,22H,2,4,8,11-12H2,1H3. The van der Waals surface area contributed by atoms with Crippen molar-refractivity contribution in [1.29, 1.82) is 0 Å². The van der Waals surface area contributed by atoms with Crippen LogP contribution in [0.4, 0.5) is 4.39 Å². The monoisotopic (exact) mass is 347 g/mol. The zero-order valence-electron chi connectivity index (χ0n) is 14.2. The fraction of sp³-hybridized carbons (Fsp3) is 0.421. The Hall–Kier alpha value is -2.18. The normalized spacial score (nSPS) is 19.1. The van der Waals surface area contributed by atoms with Crippen molar-refractivity contribution in [3.63, 3.8) is 0 Å². The maximum absolute atomic E-state index is 14.2. The Morgan fingerprint density at radius 1 is 1.48 bits per heavy atom. The molecule has 1 N–H and O–H groups in total. The van der Waals surface area contributed by atoms with Crippen LogP contribution < -0.4 is 0 Å². The summed E-state index contributed by atoms with van der Waals surface area (Å²) >= 11 is 0. The number of aliphatic hydroxyl groups excluding tert-OH is 1. The number of methoxy groups -OCH3 is 1. The molecular formula is C19H22FNO4. The van der Waals surface area contributed by atoms with Crippen LogP contribution in [0.15, 0.2) is 41.0 Å². The number of likely N-dealkylation sites (tertiary alicyclic amines) is 1. The zero-order chi connectivity index (χ0) is 17.8. The van der Waals surface area contributed by atoms with E-state index >= 15 is 0 Å². The largest absolute Gasteiger partial charge is 0.467 e. The molecule has 0 saturated carbocycles. The van der Waals surface area contributed by atoms with Gasteiger partial charge in [-0.2, -0.15) is 0 Å². The van der Waals surface area contributed by atoms with Gasteiger partial charge in [0.25, 0.3) is 0 Å². The van der Waals surface area contributed by atoms with Gasteiger partial charge in [-0.15, -0.1) is 0 Å². The van der Waals surface area contributed by atoms with E-state index in [9.17, 15) is 14.3 Å². The van der Waals surface area contributed by atoms with Crippen LogP contribution in [0.3, 0.4) is 0 Å². The van der Waals surface area contributed by atoms with Crippen LogP contribution in [0.5, 0.6) is 0 Å². The minimum absolute atomic E-state index is 0.140. The summed E-state index contributed by atoms with van der Waals surface area (Å²) in [6.07, 6.45) is 3.33. The Morgan fingerprint density at radius 2 is 2.32 bits per heavy atom. The number of esters is 1. The molecule has 0 radical (unpaired) electrons. The highest BCUT2D eigenvalue weighted by Crippen LogP contribution is 2.29. The highest BCUT2D eigenvalue weighted by Gasteiger charge is 2.28. The quantitative estimate of drug-likeness (QED) is 0.813. The zero-order valence-corrected chi connectivity index (χ0v) is 14.2. The summed E-state index contributed by atoms with van der Waals surface area (Å²) < 4.78 is 24.1. The van der Waals surface area contributed by atoms with Crippen LogP contribution in [0, 0.1) is 5.82 Å². The highest BCUT2D eigenvalue weighted by atomic mass is 19.1. The van der Waals surface area contributed by atoms with Gasteiger partial charge in [-0.3, -0.25) is 4.90 Å². The average molecular weight is 347 g/mol. The molecule has 1 aliphatic rings. The van der Waals surface area contributed by atoms with E-state index in [-0.39, 0.29) is 11.9 Å². The summed E-state index contributed by atoms with van der Waals surface area (Å²) in [5.41, 5.74) is 0.799. The van der Waals surface area contributed by atoms with Crippen molar-refractivity contribution in [1.82, 2.24) is 4.90 Å². The second-order valence-electron chi connectivity index (χ2n) is 6.33. The number of ether oxygens (including phenoxy) is 1. The molecule has 0 bridgehead atoms. The van der Waals surface area contributed by atoms with Crippen molar-refractivity contribution in [3.8, 4) is 0 Å². The third kappa shape index (κ3) is 4.08. The Labute approximate surface area is 146 Å². The first-order valence-corrected chi connectivity index (χ1v) is 8.40. The lowest BCUT2D eigenvalue weighted by molar-refractivity contribution is 0.0600. The molecule has 1 aromatic carbocycles. The van der Waals surface area contributed by atoms with Gasteiger partial charge in [-0.1, -0.05) is 0 Å². The topological polar surface area (TPSA) is 62.9 Å². The molecule has 2 unspecified atom stereocenters. The summed E-state index contributed by atoms with van der Waals surface area (Å²) in [7, 11) is 1.30.